The number of methoxy groups -OCH3 is 2. The van der Waals surface area contributed by atoms with Gasteiger partial charge >= 0.3 is 6.03 Å². The number of hydrogen-bond donors (Lipinski definition) is 1. The Morgan fingerprint density at radius 1 is 1.08 bits per heavy atom. The summed E-state index contributed by atoms with van der Waals surface area (Å²) in [6.45, 7) is 4.43. The molecule has 204 valence electrons. The Bertz CT molecular complexity index is 922. The largest absolute Gasteiger partial charge is 0.497 e. The van der Waals surface area contributed by atoms with Crippen molar-refractivity contribution in [2.45, 2.75) is 63.5 Å². The highest BCUT2D eigenvalue weighted by molar-refractivity contribution is 6.04. The molecule has 0 radical (unpaired) electrons. The van der Waals surface area contributed by atoms with E-state index in [-0.39, 0.29) is 24.3 Å². The van der Waals surface area contributed by atoms with Crippen molar-refractivity contribution in [3.05, 3.63) is 29.8 Å². The third kappa shape index (κ3) is 7.02. The minimum Gasteiger partial charge on any atom is -0.497 e. The van der Waals surface area contributed by atoms with Crippen LogP contribution in [0.4, 0.5) is 4.79 Å². The number of benzene rings is 1. The maximum Gasteiger partial charge on any atom is 0.324 e. The zero-order chi connectivity index (χ0) is 26.2. The second kappa shape index (κ2) is 13.2. The van der Waals surface area contributed by atoms with E-state index in [2.05, 4.69) is 10.2 Å². The molecule has 1 aromatic carbocycles. The zero-order valence-corrected chi connectivity index (χ0v) is 22.3. The molecule has 3 heterocycles. The number of nitrogens with one attached hydrogen (secondary N) is 1. The number of imide groups is 1. The minimum atomic E-state index is -0.653. The second-order valence-electron chi connectivity index (χ2n) is 10.5. The lowest BCUT2D eigenvalue weighted by Gasteiger charge is -2.45. The van der Waals surface area contributed by atoms with E-state index >= 15 is 0 Å². The first-order valence-electron chi connectivity index (χ1n) is 13.8. The van der Waals surface area contributed by atoms with Crippen molar-refractivity contribution in [1.82, 2.24) is 20.0 Å². The third-order valence-electron chi connectivity index (χ3n) is 8.14. The van der Waals surface area contributed by atoms with Crippen LogP contribution in [0.3, 0.4) is 0 Å². The summed E-state index contributed by atoms with van der Waals surface area (Å²) in [6.07, 6.45) is 7.20. The molecule has 0 bridgehead atoms. The average molecular weight is 515 g/mol. The topological polar surface area (TPSA) is 91.4 Å². The first kappa shape index (κ1) is 27.4. The van der Waals surface area contributed by atoms with Gasteiger partial charge in [0.25, 0.3) is 5.91 Å². The van der Waals surface area contributed by atoms with E-state index < -0.39 is 6.04 Å². The standard InChI is InChI=1S/C28H42N4O5/c1-36-19-18-31(20-22-6-5-16-30-15-4-3-7-25(22)30)26(33)13-12-24-27(34)32(28(35)29-24)17-14-21-8-10-23(37-2)11-9-21/h8-11,22,24-25H,3-7,12-20H2,1-2H3,(H,29,35). The molecule has 3 saturated heterocycles. The maximum atomic E-state index is 13.3. The molecular formula is C28H42N4O5. The molecule has 4 rings (SSSR count). The summed E-state index contributed by atoms with van der Waals surface area (Å²) in [6, 6.07) is 7.12. The number of piperidine rings is 2. The van der Waals surface area contributed by atoms with Crippen molar-refractivity contribution in [1.29, 1.82) is 0 Å². The molecule has 4 amide bonds. The molecule has 1 aromatic rings. The summed E-state index contributed by atoms with van der Waals surface area (Å²) in [5.74, 6) is 1.03. The first-order chi connectivity index (χ1) is 18.0. The van der Waals surface area contributed by atoms with Crippen LogP contribution in [-0.4, -0.2) is 98.2 Å². The molecule has 9 heteroatoms. The fraction of sp³-hybridized carbons (Fsp3) is 0.679. The van der Waals surface area contributed by atoms with Gasteiger partial charge in [-0.15, -0.1) is 0 Å². The Kier molecular flexibility index (Phi) is 9.80. The summed E-state index contributed by atoms with van der Waals surface area (Å²) in [5.41, 5.74) is 1.02. The zero-order valence-electron chi connectivity index (χ0n) is 22.3. The van der Waals surface area contributed by atoms with Gasteiger partial charge in [0.2, 0.25) is 5.91 Å². The maximum absolute atomic E-state index is 13.3. The van der Waals surface area contributed by atoms with Crippen LogP contribution >= 0.6 is 0 Å². The Morgan fingerprint density at radius 2 is 1.86 bits per heavy atom. The van der Waals surface area contributed by atoms with Crippen molar-refractivity contribution in [2.75, 3.05) is 53.6 Å². The van der Waals surface area contributed by atoms with Gasteiger partial charge in [-0.1, -0.05) is 18.6 Å². The molecule has 0 aromatic heterocycles. The number of hydrogen-bond acceptors (Lipinski definition) is 6. The van der Waals surface area contributed by atoms with Crippen LogP contribution in [0, 0.1) is 5.92 Å². The Labute approximate surface area is 220 Å². The van der Waals surface area contributed by atoms with Gasteiger partial charge < -0.3 is 24.6 Å². The highest BCUT2D eigenvalue weighted by atomic mass is 16.5. The Balaban J connectivity index is 1.29. The lowest BCUT2D eigenvalue weighted by Crippen LogP contribution is -2.52. The normalized spacial score (nSPS) is 24.1. The van der Waals surface area contributed by atoms with Crippen LogP contribution in [0.25, 0.3) is 0 Å². The number of carbonyl (C=O) groups is 3. The van der Waals surface area contributed by atoms with E-state index in [1.165, 1.54) is 43.7 Å². The number of urea groups is 1. The van der Waals surface area contributed by atoms with Crippen molar-refractivity contribution in [3.8, 4) is 5.75 Å². The van der Waals surface area contributed by atoms with Crippen LogP contribution in [0.15, 0.2) is 24.3 Å². The van der Waals surface area contributed by atoms with Crippen molar-refractivity contribution >= 4 is 17.8 Å². The van der Waals surface area contributed by atoms with E-state index in [0.29, 0.717) is 44.5 Å². The molecule has 9 nitrogen and oxygen atoms in total. The van der Waals surface area contributed by atoms with Crippen LogP contribution < -0.4 is 10.1 Å². The van der Waals surface area contributed by atoms with Crippen LogP contribution in [0.5, 0.6) is 5.75 Å². The van der Waals surface area contributed by atoms with Gasteiger partial charge in [-0.2, -0.15) is 0 Å². The van der Waals surface area contributed by atoms with Gasteiger partial charge in [-0.05, 0) is 75.2 Å². The molecule has 3 fully saturated rings. The summed E-state index contributed by atoms with van der Waals surface area (Å²) in [7, 11) is 3.27. The third-order valence-corrected chi connectivity index (χ3v) is 8.14. The molecule has 3 aliphatic heterocycles. The number of rotatable bonds is 12. The number of amides is 4. The smallest absolute Gasteiger partial charge is 0.324 e. The Hall–Kier alpha value is -2.65. The van der Waals surface area contributed by atoms with Gasteiger partial charge in [0.15, 0.2) is 0 Å². The lowest BCUT2D eigenvalue weighted by atomic mass is 9.83. The lowest BCUT2D eigenvalue weighted by molar-refractivity contribution is -0.133. The highest BCUT2D eigenvalue weighted by Gasteiger charge is 2.38. The van der Waals surface area contributed by atoms with E-state index in [1.54, 1.807) is 14.2 Å². The number of nitrogens with zero attached hydrogens (tertiary/aromatic N) is 3. The fourth-order valence-electron chi connectivity index (χ4n) is 6.04. The van der Waals surface area contributed by atoms with Crippen LogP contribution in [-0.2, 0) is 20.7 Å². The summed E-state index contributed by atoms with van der Waals surface area (Å²) >= 11 is 0. The van der Waals surface area contributed by atoms with Crippen molar-refractivity contribution in [2.24, 2.45) is 5.92 Å². The fourth-order valence-corrected chi connectivity index (χ4v) is 6.04. The monoisotopic (exact) mass is 514 g/mol. The molecule has 37 heavy (non-hydrogen) atoms. The summed E-state index contributed by atoms with van der Waals surface area (Å²) < 4.78 is 10.5. The Morgan fingerprint density at radius 3 is 2.62 bits per heavy atom. The van der Waals surface area contributed by atoms with E-state index in [0.717, 1.165) is 24.3 Å². The van der Waals surface area contributed by atoms with Gasteiger partial charge in [-0.25, -0.2) is 4.79 Å². The predicted octanol–water partition coefficient (Wildman–Crippen LogP) is 2.68. The molecule has 3 aliphatic rings. The predicted molar refractivity (Wildman–Crippen MR) is 140 cm³/mol. The molecule has 1 N–H and O–H groups in total. The SMILES string of the molecule is COCCN(CC1CCCN2CCCCC12)C(=O)CCC1NC(=O)N(CCc2ccc(OC)cc2)C1=O. The van der Waals surface area contributed by atoms with Crippen LogP contribution in [0.2, 0.25) is 0 Å². The molecular weight excluding hydrogens is 472 g/mol. The second-order valence-corrected chi connectivity index (χ2v) is 10.5. The molecule has 0 aliphatic carbocycles. The van der Waals surface area contributed by atoms with E-state index in [4.69, 9.17) is 9.47 Å². The van der Waals surface area contributed by atoms with Crippen LogP contribution in [0.1, 0.15) is 50.5 Å². The quantitative estimate of drug-likeness (QED) is 0.432. The first-order valence-corrected chi connectivity index (χ1v) is 13.8. The molecule has 3 unspecified atom stereocenters. The number of ether oxygens (including phenoxy) is 2. The molecule has 3 atom stereocenters. The molecule has 0 spiro atoms. The van der Waals surface area contributed by atoms with Crippen molar-refractivity contribution < 1.29 is 23.9 Å². The van der Waals surface area contributed by atoms with Gasteiger partial charge in [0.1, 0.15) is 11.8 Å². The van der Waals surface area contributed by atoms with Gasteiger partial charge in [-0.3, -0.25) is 14.5 Å². The van der Waals surface area contributed by atoms with E-state index in [1.807, 2.05) is 29.2 Å². The molecule has 0 saturated carbocycles. The van der Waals surface area contributed by atoms with Gasteiger partial charge in [0.05, 0.1) is 13.7 Å². The van der Waals surface area contributed by atoms with Crippen molar-refractivity contribution in [3.63, 3.8) is 0 Å². The summed E-state index contributed by atoms with van der Waals surface area (Å²) in [4.78, 5) is 44.5. The minimum absolute atomic E-state index is 0.0312. The number of carbonyl (C=O) groups excluding carboxylic acids is 3. The number of fused-ring (bicyclic) bond motifs is 1. The van der Waals surface area contributed by atoms with Gasteiger partial charge in [0, 0.05) is 39.2 Å². The van der Waals surface area contributed by atoms with E-state index in [9.17, 15) is 14.4 Å². The highest BCUT2D eigenvalue weighted by Crippen LogP contribution is 2.31. The summed E-state index contributed by atoms with van der Waals surface area (Å²) in [5, 5.41) is 2.78. The average Bonchev–Trinajstić information content (AvgIpc) is 3.20.